The van der Waals surface area contributed by atoms with Gasteiger partial charge in [-0.3, -0.25) is 9.20 Å². The molecular formula is C23H23F3N6O. The second-order valence-corrected chi connectivity index (χ2v) is 8.44. The van der Waals surface area contributed by atoms with Gasteiger partial charge in [0.15, 0.2) is 5.69 Å². The number of anilines is 1. The van der Waals surface area contributed by atoms with E-state index in [4.69, 9.17) is 0 Å². The predicted molar refractivity (Wildman–Crippen MR) is 117 cm³/mol. The van der Waals surface area contributed by atoms with Crippen LogP contribution in [0.2, 0.25) is 0 Å². The summed E-state index contributed by atoms with van der Waals surface area (Å²) in [6.45, 7) is 0. The third-order valence-electron chi connectivity index (χ3n) is 6.35. The van der Waals surface area contributed by atoms with Crippen molar-refractivity contribution in [2.45, 2.75) is 43.9 Å². The maximum atomic E-state index is 13.1. The van der Waals surface area contributed by atoms with Gasteiger partial charge >= 0.3 is 6.18 Å². The first-order valence-electron chi connectivity index (χ1n) is 10.8. The lowest BCUT2D eigenvalue weighted by atomic mass is 9.90. The summed E-state index contributed by atoms with van der Waals surface area (Å²) in [5.41, 5.74) is 0.725. The quantitative estimate of drug-likeness (QED) is 0.500. The minimum atomic E-state index is -4.49. The van der Waals surface area contributed by atoms with E-state index in [0.29, 0.717) is 11.4 Å². The van der Waals surface area contributed by atoms with Crippen molar-refractivity contribution in [3.63, 3.8) is 0 Å². The Morgan fingerprint density at radius 3 is 2.64 bits per heavy atom. The highest BCUT2D eigenvalue weighted by Crippen LogP contribution is 2.31. The summed E-state index contributed by atoms with van der Waals surface area (Å²) in [7, 11) is 1.89. The normalized spacial score (nSPS) is 19.2. The fraction of sp³-hybridized carbons (Fsp3) is 0.348. The molecule has 4 heterocycles. The SMILES string of the molecule is CN(c1cccc2nc(C(F)(F)F)cn12)[C@H]1CC[C@@H](NC(=O)c2ccc3nccn3c2)CC1. The molecule has 7 nitrogen and oxygen atoms in total. The molecule has 0 radical (unpaired) electrons. The Balaban J connectivity index is 1.24. The van der Waals surface area contributed by atoms with E-state index in [0.717, 1.165) is 37.5 Å². The summed E-state index contributed by atoms with van der Waals surface area (Å²) in [6.07, 6.45) is 5.03. The highest BCUT2D eigenvalue weighted by Gasteiger charge is 2.34. The number of pyridine rings is 2. The number of nitrogens with zero attached hydrogens (tertiary/aromatic N) is 5. The summed E-state index contributed by atoms with van der Waals surface area (Å²) >= 11 is 0. The molecule has 1 amide bonds. The Kier molecular flexibility index (Phi) is 5.22. The molecule has 1 aliphatic rings. The molecule has 10 heteroatoms. The van der Waals surface area contributed by atoms with Crippen LogP contribution < -0.4 is 10.2 Å². The van der Waals surface area contributed by atoms with E-state index in [1.165, 1.54) is 4.40 Å². The summed E-state index contributed by atoms with van der Waals surface area (Å²) in [5, 5.41) is 3.11. The van der Waals surface area contributed by atoms with Crippen LogP contribution >= 0.6 is 0 Å². The third-order valence-corrected chi connectivity index (χ3v) is 6.35. The van der Waals surface area contributed by atoms with Gasteiger partial charge in [-0.15, -0.1) is 0 Å². The number of hydrogen-bond donors (Lipinski definition) is 1. The van der Waals surface area contributed by atoms with Crippen molar-refractivity contribution >= 4 is 23.0 Å². The zero-order chi connectivity index (χ0) is 23.2. The number of rotatable bonds is 4. The van der Waals surface area contributed by atoms with Gasteiger partial charge in [0, 0.05) is 43.9 Å². The Morgan fingerprint density at radius 1 is 1.09 bits per heavy atom. The smallest absolute Gasteiger partial charge is 0.358 e. The van der Waals surface area contributed by atoms with Crippen LogP contribution in [0.1, 0.15) is 41.7 Å². The number of hydrogen-bond acceptors (Lipinski definition) is 4. The zero-order valence-corrected chi connectivity index (χ0v) is 18.0. The first-order chi connectivity index (χ1) is 15.8. The van der Waals surface area contributed by atoms with Crippen molar-refractivity contribution in [3.05, 3.63) is 66.4 Å². The van der Waals surface area contributed by atoms with Crippen LogP contribution in [0.15, 0.2) is 55.1 Å². The molecule has 172 valence electrons. The average molecular weight is 456 g/mol. The van der Waals surface area contributed by atoms with Crippen molar-refractivity contribution in [3.8, 4) is 0 Å². The number of halogens is 3. The molecule has 1 fully saturated rings. The first kappa shape index (κ1) is 21.3. The van der Waals surface area contributed by atoms with E-state index in [1.807, 2.05) is 22.4 Å². The Morgan fingerprint density at radius 2 is 1.88 bits per heavy atom. The maximum absolute atomic E-state index is 13.1. The average Bonchev–Trinajstić information content (AvgIpc) is 3.45. The minimum Gasteiger partial charge on any atom is -0.358 e. The molecule has 0 spiro atoms. The van der Waals surface area contributed by atoms with Crippen LogP contribution in [0.3, 0.4) is 0 Å². The van der Waals surface area contributed by atoms with Gasteiger partial charge in [0.25, 0.3) is 5.91 Å². The van der Waals surface area contributed by atoms with Gasteiger partial charge in [-0.1, -0.05) is 6.07 Å². The van der Waals surface area contributed by atoms with Gasteiger partial charge < -0.3 is 14.6 Å². The fourth-order valence-electron chi connectivity index (χ4n) is 4.54. The van der Waals surface area contributed by atoms with Crippen molar-refractivity contribution in [2.24, 2.45) is 0 Å². The monoisotopic (exact) mass is 456 g/mol. The second kappa shape index (κ2) is 8.09. The number of nitrogens with one attached hydrogen (secondary N) is 1. The predicted octanol–water partition coefficient (Wildman–Crippen LogP) is 4.18. The van der Waals surface area contributed by atoms with E-state index in [9.17, 15) is 18.0 Å². The van der Waals surface area contributed by atoms with Gasteiger partial charge in [0.2, 0.25) is 0 Å². The lowest BCUT2D eigenvalue weighted by Crippen LogP contribution is -2.43. The molecule has 5 rings (SSSR count). The van der Waals surface area contributed by atoms with Crippen LogP contribution in [0.5, 0.6) is 0 Å². The van der Waals surface area contributed by atoms with Crippen molar-refractivity contribution in [1.82, 2.24) is 24.1 Å². The summed E-state index contributed by atoms with van der Waals surface area (Å²) < 4.78 is 42.6. The van der Waals surface area contributed by atoms with Crippen molar-refractivity contribution in [1.29, 1.82) is 0 Å². The van der Waals surface area contributed by atoms with Crippen molar-refractivity contribution in [2.75, 3.05) is 11.9 Å². The standard InChI is InChI=1S/C23H23F3N6O/c1-30(21-4-2-3-20-29-18(14-32(20)21)23(24,25)26)17-8-6-16(7-9-17)28-22(33)15-5-10-19-27-11-12-31(19)13-15/h2-5,10-14,16-17H,6-9H2,1H3,(H,28,33)/t16-,17+. The van der Waals surface area contributed by atoms with E-state index in [-0.39, 0.29) is 23.6 Å². The molecule has 1 saturated carbocycles. The van der Waals surface area contributed by atoms with Crippen molar-refractivity contribution < 1.29 is 18.0 Å². The van der Waals surface area contributed by atoms with Crippen LogP contribution in [0.25, 0.3) is 11.3 Å². The zero-order valence-electron chi connectivity index (χ0n) is 18.0. The van der Waals surface area contributed by atoms with Gasteiger partial charge in [-0.2, -0.15) is 13.2 Å². The molecule has 4 aromatic rings. The summed E-state index contributed by atoms with van der Waals surface area (Å²) in [6, 6.07) is 8.87. The molecule has 0 aliphatic heterocycles. The Hall–Kier alpha value is -3.56. The van der Waals surface area contributed by atoms with E-state index in [2.05, 4.69) is 15.3 Å². The summed E-state index contributed by atoms with van der Waals surface area (Å²) in [5.74, 6) is 0.543. The molecule has 0 saturated heterocycles. The number of amides is 1. The maximum Gasteiger partial charge on any atom is 0.434 e. The number of carbonyl (C=O) groups is 1. The number of alkyl halides is 3. The van der Waals surface area contributed by atoms with Gasteiger partial charge in [0.1, 0.15) is 17.1 Å². The Bertz CT molecular complexity index is 1300. The van der Waals surface area contributed by atoms with Gasteiger partial charge in [0.05, 0.1) is 5.56 Å². The number of imidazole rings is 2. The van der Waals surface area contributed by atoms with Crippen LogP contribution in [-0.2, 0) is 6.18 Å². The molecule has 33 heavy (non-hydrogen) atoms. The molecule has 0 aromatic carbocycles. The molecule has 1 N–H and O–H groups in total. The molecule has 0 bridgehead atoms. The topological polar surface area (TPSA) is 66.9 Å². The van der Waals surface area contributed by atoms with Crippen LogP contribution in [-0.4, -0.2) is 43.8 Å². The van der Waals surface area contributed by atoms with Crippen LogP contribution in [0, 0.1) is 0 Å². The Labute approximate surface area is 187 Å². The largest absolute Gasteiger partial charge is 0.434 e. The highest BCUT2D eigenvalue weighted by atomic mass is 19.4. The molecular weight excluding hydrogens is 433 g/mol. The summed E-state index contributed by atoms with van der Waals surface area (Å²) in [4.78, 5) is 22.6. The minimum absolute atomic E-state index is 0.0569. The van der Waals surface area contributed by atoms with Gasteiger partial charge in [-0.25, -0.2) is 9.97 Å². The molecule has 0 unspecified atom stereocenters. The van der Waals surface area contributed by atoms with Crippen LogP contribution in [0.4, 0.5) is 19.0 Å². The van der Waals surface area contributed by atoms with E-state index >= 15 is 0 Å². The number of aromatic nitrogens is 4. The fourth-order valence-corrected chi connectivity index (χ4v) is 4.54. The highest BCUT2D eigenvalue weighted by molar-refractivity contribution is 5.94. The molecule has 4 aromatic heterocycles. The first-order valence-corrected chi connectivity index (χ1v) is 10.8. The number of fused-ring (bicyclic) bond motifs is 2. The lowest BCUT2D eigenvalue weighted by molar-refractivity contribution is -0.140. The third kappa shape index (κ3) is 4.12. The molecule has 0 atom stereocenters. The van der Waals surface area contributed by atoms with E-state index < -0.39 is 11.9 Å². The lowest BCUT2D eigenvalue weighted by Gasteiger charge is -2.36. The molecule has 1 aliphatic carbocycles. The van der Waals surface area contributed by atoms with E-state index in [1.54, 1.807) is 42.9 Å². The van der Waals surface area contributed by atoms with Gasteiger partial charge in [-0.05, 0) is 49.9 Å². The second-order valence-electron chi connectivity index (χ2n) is 8.44. The number of carbonyl (C=O) groups excluding carboxylic acids is 1.